The Hall–Kier alpha value is -0.550. The van der Waals surface area contributed by atoms with E-state index in [4.69, 9.17) is 17.5 Å². The van der Waals surface area contributed by atoms with Crippen molar-refractivity contribution in [3.63, 3.8) is 0 Å². The van der Waals surface area contributed by atoms with Crippen LogP contribution in [0.15, 0.2) is 23.0 Å². The molecule has 0 atom stereocenters. The van der Waals surface area contributed by atoms with E-state index in [-0.39, 0.29) is 41.0 Å². The number of rotatable bonds is 0. The molecule has 2 heterocycles. The van der Waals surface area contributed by atoms with Crippen molar-refractivity contribution in [1.82, 2.24) is 3.96 Å². The molecule has 3 rings (SSSR count). The van der Waals surface area contributed by atoms with Crippen LogP contribution >= 0.6 is 11.5 Å². The van der Waals surface area contributed by atoms with E-state index >= 15 is 0 Å². The van der Waals surface area contributed by atoms with Crippen molar-refractivity contribution in [2.75, 3.05) is 0 Å². The summed E-state index contributed by atoms with van der Waals surface area (Å²) in [4.78, 5) is 22.7. The van der Waals surface area contributed by atoms with Crippen LogP contribution in [0.4, 0.5) is 0 Å². The van der Waals surface area contributed by atoms with Gasteiger partial charge in [-0.15, -0.1) is 0 Å². The Balaban J connectivity index is 0.000000238. The van der Waals surface area contributed by atoms with E-state index in [0.717, 1.165) is 4.70 Å². The molecular weight excluding hydrogens is 293 g/mol. The molecule has 0 fully saturated rings. The third-order valence-electron chi connectivity index (χ3n) is 2.03. The molecule has 0 saturated carbocycles. The minimum absolute atomic E-state index is 0. The Morgan fingerprint density at radius 3 is 2.17 bits per heavy atom. The Kier molecular flexibility index (Phi) is 4.49. The summed E-state index contributed by atoms with van der Waals surface area (Å²) < 4.78 is 33.7. The predicted molar refractivity (Wildman–Crippen MR) is 67.1 cm³/mol. The summed E-state index contributed by atoms with van der Waals surface area (Å²) in [5, 5.41) is 0.590. The number of aromatic nitrogens is 1. The molecule has 10 heteroatoms. The summed E-state index contributed by atoms with van der Waals surface area (Å²) in [5.74, 6) is -0.173. The summed E-state index contributed by atoms with van der Waals surface area (Å²) in [7, 11) is -4.67. The van der Waals surface area contributed by atoms with Gasteiger partial charge >= 0.3 is 40.0 Å². The Morgan fingerprint density at radius 1 is 1.17 bits per heavy atom. The summed E-state index contributed by atoms with van der Waals surface area (Å²) in [6.45, 7) is 0. The van der Waals surface area contributed by atoms with Gasteiger partial charge < -0.3 is 0 Å². The van der Waals surface area contributed by atoms with Crippen molar-refractivity contribution in [2.24, 2.45) is 0 Å². The number of hydrogen-bond donors (Lipinski definition) is 2. The normalized spacial score (nSPS) is 12.2. The molecule has 1 aromatic heterocycles. The molecule has 92 valence electrons. The van der Waals surface area contributed by atoms with Gasteiger partial charge in [-0.2, -0.15) is 12.4 Å². The van der Waals surface area contributed by atoms with Gasteiger partial charge in [-0.3, -0.25) is 18.7 Å². The molecule has 0 saturated heterocycles. The molecule has 0 amide bonds. The number of carbonyl (C=O) groups is 1. The van der Waals surface area contributed by atoms with Crippen LogP contribution in [0, 0.1) is 0 Å². The molecule has 0 radical (unpaired) electrons. The molecule has 1 aromatic carbocycles. The molecule has 18 heavy (non-hydrogen) atoms. The summed E-state index contributed by atoms with van der Waals surface area (Å²) in [5.41, 5.74) is 0.395. The van der Waals surface area contributed by atoms with Gasteiger partial charge in [-0.1, -0.05) is 6.07 Å². The van der Waals surface area contributed by atoms with E-state index in [1.807, 2.05) is 6.07 Å². The molecular formula is C8H6NNaO6S2. The second-order valence-electron chi connectivity index (χ2n) is 3.12. The van der Waals surface area contributed by atoms with Crippen molar-refractivity contribution in [3.05, 3.63) is 34.1 Å². The van der Waals surface area contributed by atoms with E-state index in [1.54, 1.807) is 12.1 Å². The van der Waals surface area contributed by atoms with Crippen LogP contribution in [-0.2, 0) is 10.4 Å². The Bertz CT molecular complexity index is 766. The first-order chi connectivity index (χ1) is 7.79. The quantitative estimate of drug-likeness (QED) is 0.437. The fourth-order valence-corrected chi connectivity index (χ4v) is 2.47. The van der Waals surface area contributed by atoms with E-state index in [0.29, 0.717) is 10.9 Å². The summed E-state index contributed by atoms with van der Waals surface area (Å²) >= 11 is 1.22. The van der Waals surface area contributed by atoms with E-state index in [1.165, 1.54) is 15.5 Å². The summed E-state index contributed by atoms with van der Waals surface area (Å²) in [6, 6.07) is 5.35. The number of benzene rings is 1. The maximum atomic E-state index is 11.3. The molecule has 0 spiro atoms. The number of carbonyl (C=O) groups excluding carboxylic acids is 1. The van der Waals surface area contributed by atoms with Crippen LogP contribution in [-0.4, -0.2) is 56.9 Å². The second-order valence-corrected chi connectivity index (χ2v) is 5.01. The van der Waals surface area contributed by atoms with Crippen molar-refractivity contribution in [1.29, 1.82) is 0 Å². The monoisotopic (exact) mass is 299 g/mol. The average Bonchev–Trinajstić information content (AvgIpc) is 2.62. The third kappa shape index (κ3) is 2.88. The van der Waals surface area contributed by atoms with Crippen molar-refractivity contribution >= 4 is 67.5 Å². The second kappa shape index (κ2) is 5.21. The first-order valence-corrected chi connectivity index (χ1v) is 6.36. The fraction of sp³-hybridized carbons (Fsp3) is 0. The zero-order chi connectivity index (χ0) is 12.8. The van der Waals surface area contributed by atoms with Gasteiger partial charge in [0.2, 0.25) is 0 Å². The van der Waals surface area contributed by atoms with Gasteiger partial charge in [-0.25, -0.2) is 0 Å². The zero-order valence-corrected chi connectivity index (χ0v) is 9.66. The average molecular weight is 299 g/mol. The number of fused-ring (bicyclic) bond motifs is 1. The first kappa shape index (κ1) is 15.5. The van der Waals surface area contributed by atoms with Gasteiger partial charge in [0.15, 0.2) is 0 Å². The van der Waals surface area contributed by atoms with E-state index < -0.39 is 10.4 Å². The van der Waals surface area contributed by atoms with Gasteiger partial charge in [0, 0.05) is 0 Å². The Morgan fingerprint density at radius 2 is 1.72 bits per heavy atom. The van der Waals surface area contributed by atoms with Crippen LogP contribution < -0.4 is 5.56 Å². The molecule has 7 nitrogen and oxygen atoms in total. The molecule has 1 aliphatic heterocycles. The minimum atomic E-state index is -4.67. The standard InChI is InChI=1S/C8H3NO2S.Na.H2O4S.H/c10-7-4-2-1-3-5-6(4)8(11)9(7)12-5;;1-5(2,3)4;/h1-3H;;(H2,1,2,3,4);. The third-order valence-corrected chi connectivity index (χ3v) is 3.08. The van der Waals surface area contributed by atoms with E-state index in [9.17, 15) is 9.59 Å². The topological polar surface area (TPSA) is 114 Å². The molecule has 0 aliphatic carbocycles. The molecule has 2 aromatic rings. The van der Waals surface area contributed by atoms with Crippen LogP contribution in [0.5, 0.6) is 0 Å². The first-order valence-electron chi connectivity index (χ1n) is 4.18. The molecule has 2 bridgehead atoms. The maximum absolute atomic E-state index is 11.3. The number of nitrogens with zero attached hydrogens (tertiary/aromatic N) is 1. The zero-order valence-electron chi connectivity index (χ0n) is 8.02. The van der Waals surface area contributed by atoms with Crippen molar-refractivity contribution in [2.45, 2.75) is 0 Å². The number of hydrogen-bond acceptors (Lipinski definition) is 5. The van der Waals surface area contributed by atoms with Crippen LogP contribution in [0.25, 0.3) is 10.1 Å². The van der Waals surface area contributed by atoms with Crippen LogP contribution in [0.1, 0.15) is 10.4 Å². The predicted octanol–water partition coefficient (Wildman–Crippen LogP) is -0.236. The Labute approximate surface area is 127 Å². The van der Waals surface area contributed by atoms with Gasteiger partial charge in [-0.05, 0) is 23.7 Å². The van der Waals surface area contributed by atoms with E-state index in [2.05, 4.69) is 0 Å². The van der Waals surface area contributed by atoms with Gasteiger partial charge in [0.05, 0.1) is 15.6 Å². The van der Waals surface area contributed by atoms with Gasteiger partial charge in [0.25, 0.3) is 11.5 Å². The SMILES string of the molecule is O=C1c2cccc3sn1c(=O)c23.O=S(=O)(O)O.[NaH]. The molecule has 1 aliphatic rings. The van der Waals surface area contributed by atoms with Crippen molar-refractivity contribution < 1.29 is 22.3 Å². The molecule has 2 N–H and O–H groups in total. The van der Waals surface area contributed by atoms with Crippen LogP contribution in [0.2, 0.25) is 0 Å². The van der Waals surface area contributed by atoms with Crippen molar-refractivity contribution in [3.8, 4) is 0 Å². The van der Waals surface area contributed by atoms with Crippen LogP contribution in [0.3, 0.4) is 0 Å². The fourth-order valence-electron chi connectivity index (χ4n) is 1.49. The van der Waals surface area contributed by atoms with Gasteiger partial charge in [0.1, 0.15) is 0 Å². The molecule has 0 unspecified atom stereocenters. The summed E-state index contributed by atoms with van der Waals surface area (Å²) in [6.07, 6.45) is 0.